The fraction of sp³-hybridized carbons (Fsp3) is 0.419. The summed E-state index contributed by atoms with van der Waals surface area (Å²) in [5.74, 6) is -1.54. The van der Waals surface area contributed by atoms with E-state index < -0.39 is 47.9 Å². The Bertz CT molecular complexity index is 2280. The van der Waals surface area contributed by atoms with E-state index in [4.69, 9.17) is 26.8 Å². The van der Waals surface area contributed by atoms with Gasteiger partial charge in [-0.15, -0.1) is 0 Å². The summed E-state index contributed by atoms with van der Waals surface area (Å²) in [6, 6.07) is 18.0. The minimum atomic E-state index is -4.82. The van der Waals surface area contributed by atoms with Crippen LogP contribution < -0.4 is 16.2 Å². The molecule has 7 rings (SSSR count). The highest BCUT2D eigenvalue weighted by molar-refractivity contribution is 6.33. The average molecular weight is 851 g/mol. The van der Waals surface area contributed by atoms with Gasteiger partial charge in [-0.05, 0) is 97.5 Å². The fourth-order valence-electron chi connectivity index (χ4n) is 8.10. The summed E-state index contributed by atoms with van der Waals surface area (Å²) >= 11 is 6.12. The van der Waals surface area contributed by atoms with E-state index >= 15 is 0 Å². The number of aromatic nitrogens is 1. The number of halogens is 4. The number of carbonyl (C=O) groups is 4. The first-order chi connectivity index (χ1) is 28.7. The van der Waals surface area contributed by atoms with Crippen molar-refractivity contribution in [3.8, 4) is 0 Å². The molecule has 3 fully saturated rings. The second kappa shape index (κ2) is 18.2. The molecule has 0 unspecified atom stereocenters. The highest BCUT2D eigenvalue weighted by Gasteiger charge is 2.37. The van der Waals surface area contributed by atoms with Crippen LogP contribution in [-0.2, 0) is 31.7 Å². The third kappa shape index (κ3) is 9.81. The van der Waals surface area contributed by atoms with Crippen LogP contribution in [0.3, 0.4) is 0 Å². The van der Waals surface area contributed by atoms with Crippen LogP contribution in [0.2, 0.25) is 5.02 Å². The van der Waals surface area contributed by atoms with Crippen molar-refractivity contribution in [2.45, 2.75) is 56.7 Å². The lowest BCUT2D eigenvalue weighted by Crippen LogP contribution is -2.53. The minimum Gasteiger partial charge on any atom is -0.452 e. The number of hydrogen-bond donors (Lipinski definition) is 2. The smallest absolute Gasteiger partial charge is 0.418 e. The lowest BCUT2D eigenvalue weighted by atomic mass is 9.89. The number of hydrogen-bond acceptors (Lipinski definition) is 9. The molecule has 0 bridgehead atoms. The van der Waals surface area contributed by atoms with Crippen molar-refractivity contribution < 1.29 is 41.8 Å². The van der Waals surface area contributed by atoms with Crippen molar-refractivity contribution >= 4 is 57.8 Å². The molecule has 60 heavy (non-hydrogen) atoms. The third-order valence-corrected chi connectivity index (χ3v) is 11.8. The topological polar surface area (TPSA) is 159 Å². The molecule has 0 saturated carbocycles. The molecule has 0 spiro atoms. The van der Waals surface area contributed by atoms with E-state index in [0.717, 1.165) is 41.9 Å². The fourth-order valence-corrected chi connectivity index (χ4v) is 8.34. The number of esters is 1. The SMILES string of the molecule is Nc1c(Cl)cc(C[C@@H](OC(=O)N2CCC(c3cc4ccccc4[nH]c3=O)CC2)C(=O)N2CCN(c3ccc(C(=O)OCC(=O)N4CCCCC4)cc3)CC2)cc1C(F)(F)F. The molecule has 1 atom stereocenters. The number of carbonyl (C=O) groups excluding carboxylic acids is 4. The van der Waals surface area contributed by atoms with Crippen LogP contribution in [0.15, 0.2) is 71.5 Å². The lowest BCUT2D eigenvalue weighted by Gasteiger charge is -2.38. The van der Waals surface area contributed by atoms with E-state index in [2.05, 4.69) is 4.98 Å². The highest BCUT2D eigenvalue weighted by atomic mass is 35.5. The first kappa shape index (κ1) is 42.4. The Balaban J connectivity index is 0.993. The maximum Gasteiger partial charge on any atom is 0.418 e. The van der Waals surface area contributed by atoms with Gasteiger partial charge in [0.15, 0.2) is 12.7 Å². The molecule has 4 aromatic rings. The van der Waals surface area contributed by atoms with Gasteiger partial charge in [-0.3, -0.25) is 14.4 Å². The number of amides is 3. The number of ether oxygens (including phenoxy) is 2. The van der Waals surface area contributed by atoms with Crippen molar-refractivity contribution in [2.24, 2.45) is 0 Å². The van der Waals surface area contributed by atoms with Gasteiger partial charge in [0.05, 0.1) is 21.8 Å². The van der Waals surface area contributed by atoms with Crippen LogP contribution in [0.1, 0.15) is 65.1 Å². The molecular weight excluding hydrogens is 805 g/mol. The maximum absolute atomic E-state index is 14.1. The molecule has 3 aliphatic rings. The summed E-state index contributed by atoms with van der Waals surface area (Å²) in [4.78, 5) is 75.4. The quantitative estimate of drug-likeness (QED) is 0.147. The maximum atomic E-state index is 14.1. The average Bonchev–Trinajstić information content (AvgIpc) is 3.26. The highest BCUT2D eigenvalue weighted by Crippen LogP contribution is 2.38. The van der Waals surface area contributed by atoms with Crippen molar-refractivity contribution in [3.63, 3.8) is 0 Å². The summed E-state index contributed by atoms with van der Waals surface area (Å²) in [6.07, 6.45) is -3.64. The molecule has 4 heterocycles. The molecule has 0 aliphatic carbocycles. The Labute approximate surface area is 349 Å². The molecule has 318 valence electrons. The van der Waals surface area contributed by atoms with Crippen molar-refractivity contribution in [2.75, 3.05) is 69.6 Å². The summed E-state index contributed by atoms with van der Waals surface area (Å²) in [7, 11) is 0. The van der Waals surface area contributed by atoms with Gasteiger partial charge in [-0.2, -0.15) is 13.2 Å². The summed E-state index contributed by atoms with van der Waals surface area (Å²) in [6.45, 7) is 2.61. The Morgan fingerprint density at radius 1 is 0.833 bits per heavy atom. The molecule has 3 aromatic carbocycles. The van der Waals surface area contributed by atoms with Gasteiger partial charge in [0.2, 0.25) is 0 Å². The van der Waals surface area contributed by atoms with Gasteiger partial charge in [-0.1, -0.05) is 29.8 Å². The van der Waals surface area contributed by atoms with E-state index in [0.29, 0.717) is 44.6 Å². The Morgan fingerprint density at radius 3 is 2.20 bits per heavy atom. The first-order valence-corrected chi connectivity index (χ1v) is 20.4. The second-order valence-electron chi connectivity index (χ2n) is 15.4. The van der Waals surface area contributed by atoms with Crippen LogP contribution in [0.4, 0.5) is 29.3 Å². The van der Waals surface area contributed by atoms with Crippen molar-refractivity contribution in [3.05, 3.63) is 104 Å². The monoisotopic (exact) mass is 850 g/mol. The van der Waals surface area contributed by atoms with Crippen molar-refractivity contribution in [1.29, 1.82) is 0 Å². The van der Waals surface area contributed by atoms with Crippen LogP contribution in [0.5, 0.6) is 0 Å². The second-order valence-corrected chi connectivity index (χ2v) is 15.8. The van der Waals surface area contributed by atoms with E-state index in [1.165, 1.54) is 15.9 Å². The molecule has 3 amide bonds. The third-order valence-electron chi connectivity index (χ3n) is 11.5. The number of H-pyrrole nitrogens is 1. The van der Waals surface area contributed by atoms with E-state index in [1.807, 2.05) is 35.2 Å². The number of nitrogens with one attached hydrogen (secondary N) is 1. The number of nitrogens with zero attached hydrogens (tertiary/aromatic N) is 4. The van der Waals surface area contributed by atoms with E-state index in [9.17, 15) is 37.1 Å². The Hall–Kier alpha value is -5.77. The number of likely N-dealkylation sites (tertiary alicyclic amines) is 2. The number of pyridine rings is 1. The summed E-state index contributed by atoms with van der Waals surface area (Å²) < 4.78 is 52.8. The number of rotatable bonds is 9. The molecule has 0 radical (unpaired) electrons. The number of alkyl halides is 3. The predicted molar refractivity (Wildman–Crippen MR) is 219 cm³/mol. The molecule has 3 aliphatic heterocycles. The number of nitrogen functional groups attached to an aromatic ring is 1. The largest absolute Gasteiger partial charge is 0.452 e. The zero-order valence-corrected chi connectivity index (χ0v) is 33.6. The number of aromatic amines is 1. The molecule has 13 nitrogen and oxygen atoms in total. The molecular formula is C43H46ClF3N6O7. The van der Waals surface area contributed by atoms with Gasteiger partial charge < -0.3 is 39.8 Å². The lowest BCUT2D eigenvalue weighted by molar-refractivity contribution is -0.141. The zero-order valence-electron chi connectivity index (χ0n) is 32.8. The summed E-state index contributed by atoms with van der Waals surface area (Å²) in [5.41, 5.74) is 6.06. The summed E-state index contributed by atoms with van der Waals surface area (Å²) in [5, 5.41) is 0.544. The number of piperazine rings is 1. The number of piperidine rings is 2. The van der Waals surface area contributed by atoms with Gasteiger partial charge in [-0.25, -0.2) is 9.59 Å². The Kier molecular flexibility index (Phi) is 12.9. The van der Waals surface area contributed by atoms with Gasteiger partial charge in [0.1, 0.15) is 0 Å². The molecule has 3 saturated heterocycles. The van der Waals surface area contributed by atoms with Crippen molar-refractivity contribution in [1.82, 2.24) is 19.7 Å². The first-order valence-electron chi connectivity index (χ1n) is 20.1. The van der Waals surface area contributed by atoms with Gasteiger partial charge in [0, 0.05) is 75.5 Å². The van der Waals surface area contributed by atoms with E-state index in [1.54, 1.807) is 29.2 Å². The molecule has 1 aromatic heterocycles. The van der Waals surface area contributed by atoms with Crippen LogP contribution in [0, 0.1) is 0 Å². The zero-order chi connectivity index (χ0) is 42.6. The van der Waals surface area contributed by atoms with Crippen LogP contribution in [-0.4, -0.2) is 109 Å². The normalized spacial score (nSPS) is 17.1. The van der Waals surface area contributed by atoms with Crippen LogP contribution >= 0.6 is 11.6 Å². The van der Waals surface area contributed by atoms with E-state index in [-0.39, 0.29) is 66.3 Å². The minimum absolute atomic E-state index is 0.00928. The number of benzene rings is 3. The number of nitrogens with two attached hydrogens (primary N) is 1. The van der Waals surface area contributed by atoms with Crippen LogP contribution in [0.25, 0.3) is 10.9 Å². The van der Waals surface area contributed by atoms with Gasteiger partial charge >= 0.3 is 18.2 Å². The standard InChI is InChI=1S/C43H46ClF3N6O7/c44-34-23-27(22-33(38(34)48)43(45,46)47)24-36(60-42(58)53-16-12-28(13-17-53)32-25-30-6-2-3-7-35(30)49-39(32)55)40(56)52-20-18-50(19-21-52)31-10-8-29(9-11-31)41(57)59-26-37(54)51-14-4-1-5-15-51/h2-3,6-11,22-23,25,28,36H,1,4-5,12-21,24,26,48H2,(H,49,55)/t36-/m1/s1. The molecule has 17 heteroatoms. The number of para-hydroxylation sites is 1. The predicted octanol–water partition coefficient (Wildman–Crippen LogP) is 6.23. The molecule has 3 N–H and O–H groups in total. The Morgan fingerprint density at radius 2 is 1.52 bits per heavy atom. The number of anilines is 2. The number of fused-ring (bicyclic) bond motifs is 1. The van der Waals surface area contributed by atoms with Gasteiger partial charge in [0.25, 0.3) is 17.4 Å².